The number of hydrogen-bond donors (Lipinski definition) is 2. The van der Waals surface area contributed by atoms with Crippen LogP contribution >= 0.6 is 0 Å². The summed E-state index contributed by atoms with van der Waals surface area (Å²) in [6.45, 7) is -0.0471. The second-order valence-electron chi connectivity index (χ2n) is 5.92. The Morgan fingerprint density at radius 1 is 1.03 bits per heavy atom. The van der Waals surface area contributed by atoms with Crippen LogP contribution in [0.3, 0.4) is 0 Å². The molecule has 3 aromatic rings. The van der Waals surface area contributed by atoms with E-state index in [1.165, 1.54) is 18.5 Å². The van der Waals surface area contributed by atoms with Crippen LogP contribution in [0.15, 0.2) is 54.9 Å². The van der Waals surface area contributed by atoms with E-state index in [-0.39, 0.29) is 23.7 Å². The van der Waals surface area contributed by atoms with Gasteiger partial charge in [0.1, 0.15) is 6.33 Å². The van der Waals surface area contributed by atoms with E-state index in [4.69, 9.17) is 0 Å². The van der Waals surface area contributed by atoms with E-state index in [1.54, 1.807) is 4.57 Å². The van der Waals surface area contributed by atoms with Gasteiger partial charge in [0.15, 0.2) is 17.3 Å². The predicted molar refractivity (Wildman–Crippen MR) is 94.5 cm³/mol. The molecule has 0 atom stereocenters. The highest BCUT2D eigenvalue weighted by Gasteiger charge is 2.43. The minimum atomic E-state index is -3.77. The molecular weight excluding hydrogens is 388 g/mol. The summed E-state index contributed by atoms with van der Waals surface area (Å²) in [6, 6.07) is 12.9. The summed E-state index contributed by atoms with van der Waals surface area (Å²) in [5, 5.41) is 12.5. The maximum absolute atomic E-state index is 13.0. The number of aromatic nitrogens is 3. The second kappa shape index (κ2) is 7.19. The zero-order chi connectivity index (χ0) is 20.4. The van der Waals surface area contributed by atoms with Gasteiger partial charge in [-0.1, -0.05) is 18.2 Å². The molecule has 0 aliphatic carbocycles. The molecule has 1 aliphatic rings. The molecule has 0 bridgehead atoms. The number of benzene rings is 2. The second-order valence-corrected chi connectivity index (χ2v) is 5.92. The van der Waals surface area contributed by atoms with Crippen molar-refractivity contribution in [2.45, 2.75) is 12.8 Å². The number of fused-ring (bicyclic) bond motifs is 1. The fourth-order valence-electron chi connectivity index (χ4n) is 2.64. The number of alkyl halides is 2. The number of anilines is 1. The molecular formula is C18H13F2N5O4. The number of nitrogens with one attached hydrogen (secondary N) is 2. The number of para-hydroxylation sites is 1. The van der Waals surface area contributed by atoms with Crippen molar-refractivity contribution >= 4 is 17.5 Å². The first-order valence-electron chi connectivity index (χ1n) is 8.35. The van der Waals surface area contributed by atoms with Gasteiger partial charge in [-0.15, -0.1) is 19.0 Å². The van der Waals surface area contributed by atoms with Crippen LogP contribution in [0.5, 0.6) is 11.5 Å². The Hall–Kier alpha value is -4.02. The van der Waals surface area contributed by atoms with E-state index in [0.29, 0.717) is 5.82 Å². The highest BCUT2D eigenvalue weighted by molar-refractivity contribution is 6.39. The Balaban J connectivity index is 1.37. The van der Waals surface area contributed by atoms with E-state index in [0.717, 1.165) is 11.8 Å². The molecule has 4 rings (SSSR count). The summed E-state index contributed by atoms with van der Waals surface area (Å²) >= 11 is 0. The number of ether oxygens (including phenoxy) is 2. The van der Waals surface area contributed by atoms with E-state index in [2.05, 4.69) is 30.3 Å². The molecule has 148 valence electrons. The average molecular weight is 401 g/mol. The number of nitrogens with zero attached hydrogens (tertiary/aromatic N) is 3. The highest BCUT2D eigenvalue weighted by Crippen LogP contribution is 2.42. The van der Waals surface area contributed by atoms with Crippen LogP contribution in [0.1, 0.15) is 5.82 Å². The highest BCUT2D eigenvalue weighted by atomic mass is 19.3. The van der Waals surface area contributed by atoms with Crippen molar-refractivity contribution in [1.82, 2.24) is 20.1 Å². The monoisotopic (exact) mass is 401 g/mol. The molecule has 0 unspecified atom stereocenters. The molecule has 0 spiro atoms. The summed E-state index contributed by atoms with van der Waals surface area (Å²) in [7, 11) is 0. The Labute approximate surface area is 162 Å². The Kier molecular flexibility index (Phi) is 4.55. The van der Waals surface area contributed by atoms with Crippen molar-refractivity contribution in [3.8, 4) is 17.2 Å². The van der Waals surface area contributed by atoms with Crippen LogP contribution < -0.4 is 20.1 Å². The lowest BCUT2D eigenvalue weighted by Crippen LogP contribution is -2.35. The van der Waals surface area contributed by atoms with Crippen LogP contribution in [-0.2, 0) is 16.1 Å². The molecule has 0 saturated heterocycles. The third-order valence-electron chi connectivity index (χ3n) is 3.93. The van der Waals surface area contributed by atoms with Gasteiger partial charge in [-0.05, 0) is 24.3 Å². The first-order valence-corrected chi connectivity index (χ1v) is 8.35. The summed E-state index contributed by atoms with van der Waals surface area (Å²) in [6.07, 6.45) is -2.28. The molecule has 2 aromatic carbocycles. The van der Waals surface area contributed by atoms with Crippen LogP contribution in [0.4, 0.5) is 14.5 Å². The predicted octanol–water partition coefficient (Wildman–Crippen LogP) is 1.84. The number of hydrogen-bond acceptors (Lipinski definition) is 6. The summed E-state index contributed by atoms with van der Waals surface area (Å²) < 4.78 is 36.3. The largest absolute Gasteiger partial charge is 0.586 e. The molecule has 2 N–H and O–H groups in total. The van der Waals surface area contributed by atoms with Crippen molar-refractivity contribution in [1.29, 1.82) is 0 Å². The lowest BCUT2D eigenvalue weighted by atomic mass is 10.2. The summed E-state index contributed by atoms with van der Waals surface area (Å²) in [4.78, 5) is 24.1. The number of carbonyl (C=O) groups is 2. The molecule has 11 heteroatoms. The van der Waals surface area contributed by atoms with Crippen molar-refractivity contribution < 1.29 is 27.8 Å². The molecule has 9 nitrogen and oxygen atoms in total. The molecule has 0 saturated carbocycles. The lowest BCUT2D eigenvalue weighted by Gasteiger charge is -2.08. The Morgan fingerprint density at radius 2 is 1.79 bits per heavy atom. The summed E-state index contributed by atoms with van der Waals surface area (Å²) in [5.41, 5.74) is 0.890. The van der Waals surface area contributed by atoms with Gasteiger partial charge in [0.2, 0.25) is 0 Å². The van der Waals surface area contributed by atoms with Crippen LogP contribution in [0.2, 0.25) is 0 Å². The molecule has 2 amide bonds. The van der Waals surface area contributed by atoms with Crippen molar-refractivity contribution in [2.24, 2.45) is 0 Å². The van der Waals surface area contributed by atoms with Gasteiger partial charge < -0.3 is 20.1 Å². The van der Waals surface area contributed by atoms with Crippen LogP contribution in [-0.4, -0.2) is 32.9 Å². The topological polar surface area (TPSA) is 107 Å². The number of carbonyl (C=O) groups excluding carboxylic acids is 2. The van der Waals surface area contributed by atoms with E-state index >= 15 is 0 Å². The molecule has 29 heavy (non-hydrogen) atoms. The molecule has 0 radical (unpaired) electrons. The van der Waals surface area contributed by atoms with E-state index in [9.17, 15) is 18.4 Å². The third kappa shape index (κ3) is 3.98. The Bertz CT molecular complexity index is 1070. The standard InChI is InChI=1S/C18H13F2N5O4/c19-18(20)28-13-7-6-11(8-14(13)29-18)23-17(27)16(26)21-9-15-24-22-10-25(15)12-4-2-1-3-5-12/h1-8,10H,9H2,(H,21,26)(H,23,27). The minimum absolute atomic E-state index is 0.0471. The van der Waals surface area contributed by atoms with Crippen molar-refractivity contribution in [3.05, 3.63) is 60.7 Å². The number of amides is 2. The lowest BCUT2D eigenvalue weighted by molar-refractivity contribution is -0.286. The quantitative estimate of drug-likeness (QED) is 0.646. The van der Waals surface area contributed by atoms with Gasteiger partial charge in [-0.3, -0.25) is 14.2 Å². The molecule has 1 aromatic heterocycles. The molecule has 0 fully saturated rings. The zero-order valence-electron chi connectivity index (χ0n) is 14.6. The van der Waals surface area contributed by atoms with Crippen LogP contribution in [0, 0.1) is 0 Å². The van der Waals surface area contributed by atoms with Gasteiger partial charge in [0, 0.05) is 17.4 Å². The maximum atomic E-state index is 13.0. The Morgan fingerprint density at radius 3 is 2.59 bits per heavy atom. The fraction of sp³-hybridized carbons (Fsp3) is 0.111. The average Bonchev–Trinajstić information content (AvgIpc) is 3.28. The normalized spacial score (nSPS) is 13.7. The molecule has 1 aliphatic heterocycles. The zero-order valence-corrected chi connectivity index (χ0v) is 14.6. The minimum Gasteiger partial charge on any atom is -0.395 e. The SMILES string of the molecule is O=C(NCc1nncn1-c1ccccc1)C(=O)Nc1ccc2c(c1)OC(F)(F)O2. The van der Waals surface area contributed by atoms with E-state index in [1.807, 2.05) is 30.3 Å². The first kappa shape index (κ1) is 18.3. The third-order valence-corrected chi connectivity index (χ3v) is 3.93. The van der Waals surface area contributed by atoms with E-state index < -0.39 is 18.1 Å². The smallest absolute Gasteiger partial charge is 0.395 e. The first-order chi connectivity index (χ1) is 13.9. The van der Waals surface area contributed by atoms with Crippen LogP contribution in [0.25, 0.3) is 5.69 Å². The molecule has 2 heterocycles. The van der Waals surface area contributed by atoms with Gasteiger partial charge >= 0.3 is 18.1 Å². The van der Waals surface area contributed by atoms with Gasteiger partial charge in [-0.25, -0.2) is 0 Å². The number of halogens is 2. The maximum Gasteiger partial charge on any atom is 0.586 e. The fourth-order valence-corrected chi connectivity index (χ4v) is 2.64. The van der Waals surface area contributed by atoms with Crippen molar-refractivity contribution in [2.75, 3.05) is 5.32 Å². The number of rotatable bonds is 4. The summed E-state index contributed by atoms with van der Waals surface area (Å²) in [5.74, 6) is -1.92. The van der Waals surface area contributed by atoms with Crippen molar-refractivity contribution in [3.63, 3.8) is 0 Å². The van der Waals surface area contributed by atoms with Gasteiger partial charge in [-0.2, -0.15) is 0 Å². The van der Waals surface area contributed by atoms with Gasteiger partial charge in [0.25, 0.3) is 0 Å². The van der Waals surface area contributed by atoms with Gasteiger partial charge in [0.05, 0.1) is 6.54 Å².